The topological polar surface area (TPSA) is 35.2 Å². The van der Waals surface area contributed by atoms with Gasteiger partial charge >= 0.3 is 0 Å². The molecule has 0 aromatic heterocycles. The van der Waals surface area contributed by atoms with Crippen LogP contribution >= 0.6 is 15.9 Å². The van der Waals surface area contributed by atoms with Crippen LogP contribution in [0, 0.1) is 0 Å². The van der Waals surface area contributed by atoms with Gasteiger partial charge in [0.15, 0.2) is 0 Å². The zero-order valence-corrected chi connectivity index (χ0v) is 11.1. The summed E-state index contributed by atoms with van der Waals surface area (Å²) >= 11 is 3.48. The van der Waals surface area contributed by atoms with Crippen molar-refractivity contribution in [2.24, 2.45) is 5.73 Å². The molecule has 0 aliphatic rings. The molecule has 0 saturated carbocycles. The fourth-order valence-corrected chi connectivity index (χ4v) is 2.07. The molecule has 0 bridgehead atoms. The SMILES string of the molecule is COc1ccc(Br)cc1C(C)(C)CCN. The van der Waals surface area contributed by atoms with Gasteiger partial charge in [-0.3, -0.25) is 0 Å². The lowest BCUT2D eigenvalue weighted by atomic mass is 9.81. The van der Waals surface area contributed by atoms with E-state index in [0.29, 0.717) is 6.54 Å². The molecule has 1 aromatic rings. The molecule has 0 atom stereocenters. The Morgan fingerprint density at radius 2 is 2.07 bits per heavy atom. The van der Waals surface area contributed by atoms with Gasteiger partial charge in [0.1, 0.15) is 5.75 Å². The van der Waals surface area contributed by atoms with Crippen LogP contribution in [0.3, 0.4) is 0 Å². The first-order valence-corrected chi connectivity index (χ1v) is 5.84. The van der Waals surface area contributed by atoms with Gasteiger partial charge in [0.05, 0.1) is 7.11 Å². The first-order chi connectivity index (χ1) is 7.01. The number of methoxy groups -OCH3 is 1. The summed E-state index contributed by atoms with van der Waals surface area (Å²) in [5.74, 6) is 0.927. The van der Waals surface area contributed by atoms with E-state index in [2.05, 4.69) is 35.8 Å². The van der Waals surface area contributed by atoms with Gasteiger partial charge in [-0.05, 0) is 36.6 Å². The number of halogens is 1. The number of benzene rings is 1. The minimum atomic E-state index is 0.0455. The van der Waals surface area contributed by atoms with E-state index in [1.54, 1.807) is 7.11 Å². The fourth-order valence-electron chi connectivity index (χ4n) is 1.70. The minimum Gasteiger partial charge on any atom is -0.496 e. The highest BCUT2D eigenvalue weighted by Crippen LogP contribution is 2.35. The van der Waals surface area contributed by atoms with Gasteiger partial charge in [-0.1, -0.05) is 29.8 Å². The van der Waals surface area contributed by atoms with E-state index in [1.165, 1.54) is 5.56 Å². The van der Waals surface area contributed by atoms with Crippen molar-refractivity contribution in [3.8, 4) is 5.75 Å². The van der Waals surface area contributed by atoms with Crippen LogP contribution < -0.4 is 10.5 Å². The van der Waals surface area contributed by atoms with Gasteiger partial charge in [-0.15, -0.1) is 0 Å². The molecule has 0 heterocycles. The predicted molar refractivity (Wildman–Crippen MR) is 67.4 cm³/mol. The highest BCUT2D eigenvalue weighted by molar-refractivity contribution is 9.10. The summed E-state index contributed by atoms with van der Waals surface area (Å²) in [6.45, 7) is 5.05. The molecule has 84 valence electrons. The van der Waals surface area contributed by atoms with Crippen molar-refractivity contribution in [2.45, 2.75) is 25.7 Å². The smallest absolute Gasteiger partial charge is 0.122 e. The molecule has 0 radical (unpaired) electrons. The van der Waals surface area contributed by atoms with Crippen molar-refractivity contribution in [3.05, 3.63) is 28.2 Å². The molecular weight excluding hydrogens is 254 g/mol. The van der Waals surface area contributed by atoms with E-state index in [9.17, 15) is 0 Å². The standard InChI is InChI=1S/C12H18BrNO/c1-12(2,6-7-14)10-8-9(13)4-5-11(10)15-3/h4-5,8H,6-7,14H2,1-3H3. The molecule has 0 aliphatic heterocycles. The van der Waals surface area contributed by atoms with Gasteiger partial charge < -0.3 is 10.5 Å². The predicted octanol–water partition coefficient (Wildman–Crippen LogP) is 3.08. The van der Waals surface area contributed by atoms with Gasteiger partial charge in [0.25, 0.3) is 0 Å². The second kappa shape index (κ2) is 4.99. The Balaban J connectivity index is 3.15. The average molecular weight is 272 g/mol. The third kappa shape index (κ3) is 2.95. The summed E-state index contributed by atoms with van der Waals surface area (Å²) in [5, 5.41) is 0. The van der Waals surface area contributed by atoms with E-state index in [4.69, 9.17) is 10.5 Å². The van der Waals surface area contributed by atoms with E-state index in [1.807, 2.05) is 12.1 Å². The fraction of sp³-hybridized carbons (Fsp3) is 0.500. The van der Waals surface area contributed by atoms with Crippen molar-refractivity contribution < 1.29 is 4.74 Å². The maximum absolute atomic E-state index is 5.63. The van der Waals surface area contributed by atoms with Crippen molar-refractivity contribution >= 4 is 15.9 Å². The normalized spacial score (nSPS) is 11.5. The second-order valence-electron chi connectivity index (χ2n) is 4.27. The van der Waals surface area contributed by atoms with Crippen LogP contribution in [0.5, 0.6) is 5.75 Å². The van der Waals surface area contributed by atoms with Gasteiger partial charge in [-0.2, -0.15) is 0 Å². The van der Waals surface area contributed by atoms with Crippen molar-refractivity contribution in [1.82, 2.24) is 0 Å². The molecule has 3 heteroatoms. The quantitative estimate of drug-likeness (QED) is 0.914. The second-order valence-corrected chi connectivity index (χ2v) is 5.18. The van der Waals surface area contributed by atoms with Crippen molar-refractivity contribution in [1.29, 1.82) is 0 Å². The first kappa shape index (κ1) is 12.5. The number of nitrogens with two attached hydrogens (primary N) is 1. The molecule has 0 spiro atoms. The van der Waals surface area contributed by atoms with Crippen molar-refractivity contribution in [2.75, 3.05) is 13.7 Å². The minimum absolute atomic E-state index is 0.0455. The first-order valence-electron chi connectivity index (χ1n) is 5.05. The van der Waals surface area contributed by atoms with E-state index < -0.39 is 0 Å². The highest BCUT2D eigenvalue weighted by atomic mass is 79.9. The summed E-state index contributed by atoms with van der Waals surface area (Å²) in [7, 11) is 1.70. The third-order valence-corrected chi connectivity index (χ3v) is 3.15. The van der Waals surface area contributed by atoms with Crippen LogP contribution in [0.2, 0.25) is 0 Å². The third-order valence-electron chi connectivity index (χ3n) is 2.66. The van der Waals surface area contributed by atoms with Crippen LogP contribution in [0.25, 0.3) is 0 Å². The Labute approximate surface area is 99.9 Å². The summed E-state index contributed by atoms with van der Waals surface area (Å²) in [6, 6.07) is 6.08. The highest BCUT2D eigenvalue weighted by Gasteiger charge is 2.23. The summed E-state index contributed by atoms with van der Waals surface area (Å²) in [5.41, 5.74) is 6.87. The molecule has 15 heavy (non-hydrogen) atoms. The molecule has 0 aliphatic carbocycles. The largest absolute Gasteiger partial charge is 0.496 e. The summed E-state index contributed by atoms with van der Waals surface area (Å²) in [6.07, 6.45) is 0.944. The van der Waals surface area contributed by atoms with Gasteiger partial charge in [-0.25, -0.2) is 0 Å². The molecule has 1 rings (SSSR count). The zero-order valence-electron chi connectivity index (χ0n) is 9.51. The van der Waals surface area contributed by atoms with E-state index in [-0.39, 0.29) is 5.41 Å². The van der Waals surface area contributed by atoms with Crippen LogP contribution in [-0.2, 0) is 5.41 Å². The molecule has 1 aromatic carbocycles. The Hall–Kier alpha value is -0.540. The summed E-state index contributed by atoms with van der Waals surface area (Å²) in [4.78, 5) is 0. The van der Waals surface area contributed by atoms with Crippen LogP contribution in [-0.4, -0.2) is 13.7 Å². The Kier molecular flexibility index (Phi) is 4.17. The van der Waals surface area contributed by atoms with Crippen LogP contribution in [0.4, 0.5) is 0 Å². The van der Waals surface area contributed by atoms with E-state index >= 15 is 0 Å². The molecule has 2 nitrogen and oxygen atoms in total. The Morgan fingerprint density at radius 3 is 2.60 bits per heavy atom. The lowest BCUT2D eigenvalue weighted by Gasteiger charge is -2.26. The molecule has 2 N–H and O–H groups in total. The van der Waals surface area contributed by atoms with Gasteiger partial charge in [0.2, 0.25) is 0 Å². The lowest BCUT2D eigenvalue weighted by Crippen LogP contribution is -2.22. The van der Waals surface area contributed by atoms with Crippen molar-refractivity contribution in [3.63, 3.8) is 0 Å². The average Bonchev–Trinajstić information content (AvgIpc) is 2.17. The Morgan fingerprint density at radius 1 is 1.40 bits per heavy atom. The molecular formula is C12H18BrNO. The number of hydrogen-bond acceptors (Lipinski definition) is 2. The lowest BCUT2D eigenvalue weighted by molar-refractivity contribution is 0.386. The number of rotatable bonds is 4. The molecule has 0 fully saturated rings. The maximum Gasteiger partial charge on any atom is 0.122 e. The van der Waals surface area contributed by atoms with Crippen LogP contribution in [0.15, 0.2) is 22.7 Å². The van der Waals surface area contributed by atoms with Crippen LogP contribution in [0.1, 0.15) is 25.8 Å². The molecule has 0 unspecified atom stereocenters. The van der Waals surface area contributed by atoms with E-state index in [0.717, 1.165) is 16.6 Å². The molecule has 0 amide bonds. The van der Waals surface area contributed by atoms with Gasteiger partial charge in [0, 0.05) is 10.0 Å². The number of ether oxygens (including phenoxy) is 1. The number of hydrogen-bond donors (Lipinski definition) is 1. The Bertz CT molecular complexity index is 336. The zero-order chi connectivity index (χ0) is 11.5. The summed E-state index contributed by atoms with van der Waals surface area (Å²) < 4.78 is 6.44. The maximum atomic E-state index is 5.63. The monoisotopic (exact) mass is 271 g/mol. The molecule has 0 saturated heterocycles.